The first-order valence-corrected chi connectivity index (χ1v) is 6.29. The van der Waals surface area contributed by atoms with Gasteiger partial charge in [-0.25, -0.2) is 0 Å². The molecule has 0 radical (unpaired) electrons. The Labute approximate surface area is 104 Å². The second-order valence-corrected chi connectivity index (χ2v) is 5.04. The zero-order chi connectivity index (χ0) is 12.1. The van der Waals surface area contributed by atoms with Crippen molar-refractivity contribution in [2.45, 2.75) is 26.2 Å². The van der Waals surface area contributed by atoms with Crippen molar-refractivity contribution in [2.24, 2.45) is 5.41 Å². The molecule has 1 aromatic carbocycles. The summed E-state index contributed by atoms with van der Waals surface area (Å²) in [7, 11) is 0. The molecule has 0 saturated heterocycles. The topological polar surface area (TPSA) is 0 Å². The molecule has 1 aliphatic carbocycles. The van der Waals surface area contributed by atoms with E-state index in [1.165, 1.54) is 17.6 Å². The fourth-order valence-corrected chi connectivity index (χ4v) is 2.23. The lowest BCUT2D eigenvalue weighted by Crippen LogP contribution is -2.14. The third-order valence-electron chi connectivity index (χ3n) is 3.48. The van der Waals surface area contributed by atoms with Gasteiger partial charge in [0.1, 0.15) is 0 Å². The van der Waals surface area contributed by atoms with E-state index in [2.05, 4.69) is 62.1 Å². The summed E-state index contributed by atoms with van der Waals surface area (Å²) in [5, 5.41) is 0. The highest BCUT2D eigenvalue weighted by Crippen LogP contribution is 2.36. The van der Waals surface area contributed by atoms with E-state index >= 15 is 0 Å². The van der Waals surface area contributed by atoms with Crippen LogP contribution in [0.15, 0.2) is 61.2 Å². The van der Waals surface area contributed by atoms with Crippen LogP contribution in [0, 0.1) is 5.41 Å². The van der Waals surface area contributed by atoms with Crippen molar-refractivity contribution in [3.8, 4) is 0 Å². The smallest absolute Gasteiger partial charge is 0.0105 e. The van der Waals surface area contributed by atoms with Gasteiger partial charge in [-0.15, -0.1) is 6.58 Å². The van der Waals surface area contributed by atoms with Gasteiger partial charge in [-0.2, -0.15) is 0 Å². The molecule has 0 heterocycles. The van der Waals surface area contributed by atoms with Gasteiger partial charge in [-0.3, -0.25) is 0 Å². The summed E-state index contributed by atoms with van der Waals surface area (Å²) in [5.74, 6) is 0. The number of benzene rings is 1. The number of allylic oxidation sites excluding steroid dienone is 5. The molecule has 17 heavy (non-hydrogen) atoms. The Morgan fingerprint density at radius 2 is 2.06 bits per heavy atom. The summed E-state index contributed by atoms with van der Waals surface area (Å²) in [6.45, 7) is 6.12. The van der Waals surface area contributed by atoms with E-state index in [9.17, 15) is 0 Å². The summed E-state index contributed by atoms with van der Waals surface area (Å²) >= 11 is 0. The summed E-state index contributed by atoms with van der Waals surface area (Å²) in [5.41, 5.74) is 2.98. The Kier molecular flexibility index (Phi) is 3.63. The molecular formula is C17H20. The summed E-state index contributed by atoms with van der Waals surface area (Å²) < 4.78 is 0. The molecule has 0 aromatic heterocycles. The van der Waals surface area contributed by atoms with E-state index in [0.29, 0.717) is 5.41 Å². The predicted octanol–water partition coefficient (Wildman–Crippen LogP) is 5.00. The molecule has 1 aromatic rings. The molecule has 0 bridgehead atoms. The standard InChI is InChI=1S/C17H20/c1-3-4-12-17(2)13-10-16(11-14-17)15-8-6-5-7-9-15/h3,5-11,13H,1,4,12,14H2,2H3. The Bertz CT molecular complexity index is 436. The largest absolute Gasteiger partial charge is 0.103 e. The second kappa shape index (κ2) is 5.18. The van der Waals surface area contributed by atoms with Gasteiger partial charge in [0.25, 0.3) is 0 Å². The molecule has 88 valence electrons. The van der Waals surface area contributed by atoms with Crippen LogP contribution in [0.1, 0.15) is 31.7 Å². The van der Waals surface area contributed by atoms with Crippen LogP contribution >= 0.6 is 0 Å². The van der Waals surface area contributed by atoms with Gasteiger partial charge in [-0.05, 0) is 35.8 Å². The van der Waals surface area contributed by atoms with Crippen LogP contribution in [0.25, 0.3) is 5.57 Å². The van der Waals surface area contributed by atoms with Crippen LogP contribution in [0.3, 0.4) is 0 Å². The van der Waals surface area contributed by atoms with Crippen molar-refractivity contribution >= 4 is 5.57 Å². The summed E-state index contributed by atoms with van der Waals surface area (Å²) in [6, 6.07) is 10.6. The SMILES string of the molecule is C=CCCC1(C)C=CC(c2ccccc2)=CC1. The van der Waals surface area contributed by atoms with Crippen LogP contribution in [0.4, 0.5) is 0 Å². The highest BCUT2D eigenvalue weighted by atomic mass is 14.3. The highest BCUT2D eigenvalue weighted by molar-refractivity contribution is 5.75. The predicted molar refractivity (Wildman–Crippen MR) is 75.7 cm³/mol. The van der Waals surface area contributed by atoms with E-state index in [0.717, 1.165) is 12.8 Å². The Hall–Kier alpha value is -1.56. The van der Waals surface area contributed by atoms with Crippen molar-refractivity contribution in [3.05, 3.63) is 66.8 Å². The van der Waals surface area contributed by atoms with E-state index < -0.39 is 0 Å². The molecule has 1 unspecified atom stereocenters. The molecule has 0 fully saturated rings. The lowest BCUT2D eigenvalue weighted by atomic mass is 9.77. The lowest BCUT2D eigenvalue weighted by molar-refractivity contribution is 0.398. The quantitative estimate of drug-likeness (QED) is 0.631. The maximum Gasteiger partial charge on any atom is -0.0105 e. The fourth-order valence-electron chi connectivity index (χ4n) is 2.23. The van der Waals surface area contributed by atoms with Crippen molar-refractivity contribution in [3.63, 3.8) is 0 Å². The Morgan fingerprint density at radius 1 is 1.29 bits per heavy atom. The Morgan fingerprint density at radius 3 is 2.65 bits per heavy atom. The van der Waals surface area contributed by atoms with E-state index in [4.69, 9.17) is 0 Å². The molecule has 0 heteroatoms. The first kappa shape index (κ1) is 11.9. The van der Waals surface area contributed by atoms with E-state index in [1.54, 1.807) is 0 Å². The van der Waals surface area contributed by atoms with Crippen molar-refractivity contribution in [2.75, 3.05) is 0 Å². The number of rotatable bonds is 4. The molecule has 0 nitrogen and oxygen atoms in total. The monoisotopic (exact) mass is 224 g/mol. The van der Waals surface area contributed by atoms with Crippen molar-refractivity contribution in [1.82, 2.24) is 0 Å². The van der Waals surface area contributed by atoms with Gasteiger partial charge < -0.3 is 0 Å². The minimum atomic E-state index is 0.312. The fraction of sp³-hybridized carbons (Fsp3) is 0.294. The van der Waals surface area contributed by atoms with Gasteiger partial charge in [0.05, 0.1) is 0 Å². The third-order valence-corrected chi connectivity index (χ3v) is 3.48. The van der Waals surface area contributed by atoms with Gasteiger partial charge >= 0.3 is 0 Å². The molecule has 0 N–H and O–H groups in total. The van der Waals surface area contributed by atoms with Gasteiger partial charge in [0.15, 0.2) is 0 Å². The van der Waals surface area contributed by atoms with Crippen LogP contribution in [-0.4, -0.2) is 0 Å². The second-order valence-electron chi connectivity index (χ2n) is 5.04. The Balaban J connectivity index is 2.08. The minimum Gasteiger partial charge on any atom is -0.103 e. The minimum absolute atomic E-state index is 0.312. The molecule has 0 spiro atoms. The van der Waals surface area contributed by atoms with Crippen LogP contribution in [0.5, 0.6) is 0 Å². The van der Waals surface area contributed by atoms with Gasteiger partial charge in [0, 0.05) is 0 Å². The number of hydrogen-bond donors (Lipinski definition) is 0. The van der Waals surface area contributed by atoms with Crippen LogP contribution < -0.4 is 0 Å². The normalized spacial score (nSPS) is 23.2. The van der Waals surface area contributed by atoms with Gasteiger partial charge in [-0.1, -0.05) is 61.6 Å². The molecule has 2 rings (SSSR count). The first-order valence-electron chi connectivity index (χ1n) is 6.29. The summed E-state index contributed by atoms with van der Waals surface area (Å²) in [6.07, 6.45) is 12.4. The average Bonchev–Trinajstić information content (AvgIpc) is 2.38. The summed E-state index contributed by atoms with van der Waals surface area (Å²) in [4.78, 5) is 0. The maximum atomic E-state index is 3.80. The van der Waals surface area contributed by atoms with E-state index in [1.807, 2.05) is 6.08 Å². The molecule has 0 aliphatic heterocycles. The molecular weight excluding hydrogens is 204 g/mol. The average molecular weight is 224 g/mol. The number of hydrogen-bond acceptors (Lipinski definition) is 0. The molecule has 0 amide bonds. The zero-order valence-corrected chi connectivity index (χ0v) is 10.5. The van der Waals surface area contributed by atoms with Crippen molar-refractivity contribution in [1.29, 1.82) is 0 Å². The van der Waals surface area contributed by atoms with E-state index in [-0.39, 0.29) is 0 Å². The zero-order valence-electron chi connectivity index (χ0n) is 10.5. The highest BCUT2D eigenvalue weighted by Gasteiger charge is 2.21. The molecule has 1 aliphatic rings. The van der Waals surface area contributed by atoms with Crippen molar-refractivity contribution < 1.29 is 0 Å². The van der Waals surface area contributed by atoms with Crippen LogP contribution in [-0.2, 0) is 0 Å². The van der Waals surface area contributed by atoms with Gasteiger partial charge in [0.2, 0.25) is 0 Å². The lowest BCUT2D eigenvalue weighted by Gasteiger charge is -2.27. The first-order chi connectivity index (χ1) is 8.23. The third kappa shape index (κ3) is 2.97. The molecule has 0 saturated carbocycles. The molecule has 1 atom stereocenters. The van der Waals surface area contributed by atoms with Crippen LogP contribution in [0.2, 0.25) is 0 Å². The maximum absolute atomic E-state index is 3.80.